The highest BCUT2D eigenvalue weighted by Crippen LogP contribution is 2.34. The normalized spacial score (nSPS) is 14.1. The predicted molar refractivity (Wildman–Crippen MR) is 115 cm³/mol. The highest BCUT2D eigenvalue weighted by Gasteiger charge is 2.41. The summed E-state index contributed by atoms with van der Waals surface area (Å²) in [6, 6.07) is 15.2. The van der Waals surface area contributed by atoms with Crippen molar-refractivity contribution in [1.29, 1.82) is 0 Å². The number of rotatable bonds is 8. The van der Waals surface area contributed by atoms with Crippen molar-refractivity contribution in [2.75, 3.05) is 25.1 Å². The fourth-order valence-corrected chi connectivity index (χ4v) is 3.54. The van der Waals surface area contributed by atoms with Crippen molar-refractivity contribution in [3.63, 3.8) is 0 Å². The van der Waals surface area contributed by atoms with Gasteiger partial charge >= 0.3 is 0 Å². The Kier molecular flexibility index (Phi) is 6.49. The highest BCUT2D eigenvalue weighted by molar-refractivity contribution is 6.45. The van der Waals surface area contributed by atoms with Gasteiger partial charge in [0.15, 0.2) is 0 Å². The zero-order chi connectivity index (χ0) is 21.0. The van der Waals surface area contributed by atoms with Crippen LogP contribution in [0.25, 0.3) is 5.57 Å². The summed E-state index contributed by atoms with van der Waals surface area (Å²) in [6.45, 7) is 4.30. The van der Waals surface area contributed by atoms with Gasteiger partial charge in [-0.25, -0.2) is 4.90 Å². The molecule has 1 heterocycles. The Morgan fingerprint density at radius 2 is 1.62 bits per heavy atom. The number of hydrogen-bond donors (Lipinski definition) is 1. The maximum atomic E-state index is 13.3. The standard InChI is InChI=1S/C24H28N2O3/c1-4-5-6-18-9-13-20(14-10-18)26-23(28)21(19-11-7-17(2)8-12-19)22(24(26)29)25(3)15-16-27/h7-14,27H,4-6,15-16H2,1-3H3. The lowest BCUT2D eigenvalue weighted by molar-refractivity contribution is -0.120. The van der Waals surface area contributed by atoms with Crippen LogP contribution in [0, 0.1) is 6.92 Å². The van der Waals surface area contributed by atoms with Crippen LogP contribution in [0.3, 0.4) is 0 Å². The van der Waals surface area contributed by atoms with Gasteiger partial charge in [-0.1, -0.05) is 55.3 Å². The minimum absolute atomic E-state index is 0.102. The van der Waals surface area contributed by atoms with Crippen LogP contribution in [-0.4, -0.2) is 42.0 Å². The van der Waals surface area contributed by atoms with E-state index >= 15 is 0 Å². The van der Waals surface area contributed by atoms with Crippen LogP contribution >= 0.6 is 0 Å². The van der Waals surface area contributed by atoms with E-state index in [1.807, 2.05) is 55.5 Å². The number of unbranched alkanes of at least 4 members (excludes halogenated alkanes) is 1. The van der Waals surface area contributed by atoms with Crippen LogP contribution in [0.15, 0.2) is 54.2 Å². The summed E-state index contributed by atoms with van der Waals surface area (Å²) in [4.78, 5) is 29.5. The summed E-state index contributed by atoms with van der Waals surface area (Å²) in [5.74, 6) is -0.692. The summed E-state index contributed by atoms with van der Waals surface area (Å²) in [7, 11) is 1.72. The Hall–Kier alpha value is -2.92. The van der Waals surface area contributed by atoms with Gasteiger partial charge in [-0.2, -0.15) is 0 Å². The van der Waals surface area contributed by atoms with Gasteiger partial charge in [0.25, 0.3) is 11.8 Å². The number of benzene rings is 2. The van der Waals surface area contributed by atoms with Crippen LogP contribution in [-0.2, 0) is 16.0 Å². The number of imide groups is 1. The van der Waals surface area contributed by atoms with Gasteiger partial charge in [0.1, 0.15) is 5.70 Å². The Bertz CT molecular complexity index is 914. The third-order valence-corrected chi connectivity index (χ3v) is 5.23. The topological polar surface area (TPSA) is 60.9 Å². The lowest BCUT2D eigenvalue weighted by atomic mass is 10.0. The average Bonchev–Trinajstić information content (AvgIpc) is 2.98. The number of aliphatic hydroxyl groups is 1. The summed E-state index contributed by atoms with van der Waals surface area (Å²) >= 11 is 0. The monoisotopic (exact) mass is 392 g/mol. The van der Waals surface area contributed by atoms with Crippen molar-refractivity contribution in [1.82, 2.24) is 4.90 Å². The molecule has 0 aromatic heterocycles. The molecule has 0 atom stereocenters. The zero-order valence-corrected chi connectivity index (χ0v) is 17.3. The van der Waals surface area contributed by atoms with Crippen LogP contribution < -0.4 is 4.90 Å². The van der Waals surface area contributed by atoms with Crippen molar-refractivity contribution < 1.29 is 14.7 Å². The van der Waals surface area contributed by atoms with E-state index in [1.165, 1.54) is 10.5 Å². The Morgan fingerprint density at radius 3 is 2.21 bits per heavy atom. The van der Waals surface area contributed by atoms with Crippen LogP contribution in [0.2, 0.25) is 0 Å². The Labute approximate surface area is 172 Å². The Balaban J connectivity index is 1.99. The van der Waals surface area contributed by atoms with Gasteiger partial charge in [0, 0.05) is 13.6 Å². The van der Waals surface area contributed by atoms with Gasteiger partial charge in [0.2, 0.25) is 0 Å². The van der Waals surface area contributed by atoms with E-state index in [9.17, 15) is 14.7 Å². The molecule has 0 saturated carbocycles. The van der Waals surface area contributed by atoms with Crippen molar-refractivity contribution in [2.45, 2.75) is 33.1 Å². The van der Waals surface area contributed by atoms with Crippen molar-refractivity contribution >= 4 is 23.1 Å². The first-order chi connectivity index (χ1) is 14.0. The molecule has 0 radical (unpaired) electrons. The molecule has 29 heavy (non-hydrogen) atoms. The first kappa shape index (κ1) is 20.8. The number of hydrogen-bond acceptors (Lipinski definition) is 4. The molecule has 1 aliphatic rings. The largest absolute Gasteiger partial charge is 0.395 e. The summed E-state index contributed by atoms with van der Waals surface area (Å²) < 4.78 is 0. The number of aryl methyl sites for hydroxylation is 2. The fraction of sp³-hybridized carbons (Fsp3) is 0.333. The number of aliphatic hydroxyl groups excluding tert-OH is 1. The van der Waals surface area contributed by atoms with Crippen LogP contribution in [0.5, 0.6) is 0 Å². The minimum Gasteiger partial charge on any atom is -0.395 e. The molecule has 0 unspecified atom stereocenters. The molecule has 0 spiro atoms. The molecule has 5 heteroatoms. The molecule has 0 fully saturated rings. The second-order valence-electron chi connectivity index (χ2n) is 7.45. The predicted octanol–water partition coefficient (Wildman–Crippen LogP) is 3.55. The highest BCUT2D eigenvalue weighted by atomic mass is 16.3. The van der Waals surface area contributed by atoms with Gasteiger partial charge < -0.3 is 10.0 Å². The number of carbonyl (C=O) groups is 2. The van der Waals surface area contributed by atoms with E-state index < -0.39 is 0 Å². The molecular weight excluding hydrogens is 364 g/mol. The molecule has 5 nitrogen and oxygen atoms in total. The van der Waals surface area contributed by atoms with Crippen molar-refractivity contribution in [2.24, 2.45) is 0 Å². The van der Waals surface area contributed by atoms with Gasteiger partial charge in [-0.05, 0) is 43.0 Å². The van der Waals surface area contributed by atoms with Crippen molar-refractivity contribution in [3.05, 3.63) is 70.9 Å². The van der Waals surface area contributed by atoms with Crippen molar-refractivity contribution in [3.8, 4) is 0 Å². The minimum atomic E-state index is -0.358. The first-order valence-electron chi connectivity index (χ1n) is 10.1. The molecule has 0 aliphatic carbocycles. The molecule has 0 bridgehead atoms. The summed E-state index contributed by atoms with van der Waals surface area (Å²) in [5, 5.41) is 9.35. The molecule has 2 aromatic carbocycles. The number of anilines is 1. The number of amides is 2. The van der Waals surface area contributed by atoms with Crippen LogP contribution in [0.4, 0.5) is 5.69 Å². The summed E-state index contributed by atoms with van der Waals surface area (Å²) in [5.41, 5.74) is 4.24. The quantitative estimate of drug-likeness (QED) is 0.698. The molecule has 0 saturated heterocycles. The molecule has 2 aromatic rings. The molecule has 1 N–H and O–H groups in total. The number of likely N-dealkylation sites (N-methyl/N-ethyl adjacent to an activating group) is 1. The second-order valence-corrected chi connectivity index (χ2v) is 7.45. The molecule has 3 rings (SSSR count). The van der Waals surface area contributed by atoms with E-state index in [0.717, 1.165) is 24.8 Å². The fourth-order valence-electron chi connectivity index (χ4n) is 3.54. The number of carbonyl (C=O) groups excluding carboxylic acids is 2. The Morgan fingerprint density at radius 1 is 0.966 bits per heavy atom. The second kappa shape index (κ2) is 9.05. The maximum Gasteiger partial charge on any atom is 0.282 e. The van der Waals surface area contributed by atoms with Gasteiger partial charge in [-0.3, -0.25) is 9.59 Å². The molecule has 2 amide bonds. The SMILES string of the molecule is CCCCc1ccc(N2C(=O)C(c3ccc(C)cc3)=C(N(C)CCO)C2=O)cc1. The van der Waals surface area contributed by atoms with E-state index in [4.69, 9.17) is 0 Å². The van der Waals surface area contributed by atoms with E-state index in [0.29, 0.717) is 22.5 Å². The third-order valence-electron chi connectivity index (χ3n) is 5.23. The lowest BCUT2D eigenvalue weighted by Gasteiger charge is -2.20. The first-order valence-corrected chi connectivity index (χ1v) is 10.1. The van der Waals surface area contributed by atoms with Crippen LogP contribution in [0.1, 0.15) is 36.5 Å². The summed E-state index contributed by atoms with van der Waals surface area (Å²) in [6.07, 6.45) is 3.21. The van der Waals surface area contributed by atoms with E-state index in [-0.39, 0.29) is 25.0 Å². The maximum absolute atomic E-state index is 13.3. The van der Waals surface area contributed by atoms with E-state index in [2.05, 4.69) is 6.92 Å². The molecule has 1 aliphatic heterocycles. The molecule has 152 valence electrons. The third kappa shape index (κ3) is 4.25. The van der Waals surface area contributed by atoms with Gasteiger partial charge in [-0.15, -0.1) is 0 Å². The molecular formula is C24H28N2O3. The average molecular weight is 392 g/mol. The van der Waals surface area contributed by atoms with Gasteiger partial charge in [0.05, 0.1) is 17.9 Å². The van der Waals surface area contributed by atoms with E-state index in [1.54, 1.807) is 11.9 Å². The smallest absolute Gasteiger partial charge is 0.282 e. The zero-order valence-electron chi connectivity index (χ0n) is 17.3. The lowest BCUT2D eigenvalue weighted by Crippen LogP contribution is -2.34. The number of nitrogens with zero attached hydrogens (tertiary/aromatic N) is 2.